The number of hydrogen-bond donors (Lipinski definition) is 1. The predicted octanol–water partition coefficient (Wildman–Crippen LogP) is 4.09. The number of hydrogen-bond acceptors (Lipinski definition) is 6. The first-order valence-electron chi connectivity index (χ1n) is 12.3. The van der Waals surface area contributed by atoms with E-state index in [2.05, 4.69) is 10.3 Å². The molecule has 0 aliphatic carbocycles. The molecule has 5 rings (SSSR count). The monoisotopic (exact) mass is 483 g/mol. The first kappa shape index (κ1) is 23.5. The van der Waals surface area contributed by atoms with E-state index in [9.17, 15) is 9.59 Å². The second-order valence-corrected chi connectivity index (χ2v) is 8.86. The van der Waals surface area contributed by atoms with Crippen molar-refractivity contribution < 1.29 is 9.53 Å². The number of para-hydroxylation sites is 2. The molecule has 0 unspecified atom stereocenters. The molecule has 0 bridgehead atoms. The average molecular weight is 484 g/mol. The summed E-state index contributed by atoms with van der Waals surface area (Å²) < 4.78 is 7.32. The minimum absolute atomic E-state index is 0.0843. The molecule has 8 heteroatoms. The van der Waals surface area contributed by atoms with Crippen LogP contribution in [0.15, 0.2) is 77.7 Å². The molecule has 1 aliphatic heterocycles. The van der Waals surface area contributed by atoms with E-state index in [0.29, 0.717) is 54.7 Å². The number of nitrogens with zero attached hydrogens (tertiary/aromatic N) is 4. The first-order chi connectivity index (χ1) is 17.6. The van der Waals surface area contributed by atoms with Gasteiger partial charge in [0.25, 0.3) is 5.56 Å². The largest absolute Gasteiger partial charge is 0.492 e. The van der Waals surface area contributed by atoms with Gasteiger partial charge in [0.05, 0.1) is 24.8 Å². The van der Waals surface area contributed by atoms with Crippen molar-refractivity contribution in [2.24, 2.45) is 5.92 Å². The SMILES string of the molecule is CCOc1ccccc1NC(=O)[C@@H]1CCCN(c2nc3cccnc3n(Cc3ccccc3)c2=O)C1. The maximum Gasteiger partial charge on any atom is 0.295 e. The highest BCUT2D eigenvalue weighted by molar-refractivity contribution is 5.94. The standard InChI is InChI=1S/C28H29N5O3/c1-2-36-24-15-7-6-13-22(24)31-27(34)21-12-9-17-32(19-21)26-28(35)33(18-20-10-4-3-5-11-20)25-23(30-26)14-8-16-29-25/h3-8,10-11,13-16,21H,2,9,12,17-19H2,1H3,(H,31,34)/t21-/m1/s1. The number of piperidine rings is 1. The Hall–Kier alpha value is -4.20. The van der Waals surface area contributed by atoms with E-state index in [1.807, 2.05) is 78.6 Å². The summed E-state index contributed by atoms with van der Waals surface area (Å²) in [6.45, 7) is 3.91. The highest BCUT2D eigenvalue weighted by atomic mass is 16.5. The average Bonchev–Trinajstić information content (AvgIpc) is 2.92. The van der Waals surface area contributed by atoms with E-state index < -0.39 is 0 Å². The summed E-state index contributed by atoms with van der Waals surface area (Å²) in [5.41, 5.74) is 2.66. The van der Waals surface area contributed by atoms with Gasteiger partial charge in [0.15, 0.2) is 11.5 Å². The summed E-state index contributed by atoms with van der Waals surface area (Å²) in [4.78, 5) is 38.0. The number of rotatable bonds is 7. The van der Waals surface area contributed by atoms with Crippen LogP contribution in [0.25, 0.3) is 11.2 Å². The second-order valence-electron chi connectivity index (χ2n) is 8.86. The zero-order valence-corrected chi connectivity index (χ0v) is 20.3. The summed E-state index contributed by atoms with van der Waals surface area (Å²) >= 11 is 0. The number of pyridine rings is 1. The number of benzene rings is 2. The van der Waals surface area contributed by atoms with Crippen molar-refractivity contribution in [1.82, 2.24) is 14.5 Å². The van der Waals surface area contributed by atoms with Gasteiger partial charge in [-0.05, 0) is 49.6 Å². The van der Waals surface area contributed by atoms with Crippen molar-refractivity contribution in [3.63, 3.8) is 0 Å². The summed E-state index contributed by atoms with van der Waals surface area (Å²) in [5.74, 6) is 0.646. The molecule has 1 amide bonds. The molecule has 8 nitrogen and oxygen atoms in total. The molecule has 1 fully saturated rings. The summed E-state index contributed by atoms with van der Waals surface area (Å²) in [5, 5.41) is 3.02. The van der Waals surface area contributed by atoms with Crippen LogP contribution in [-0.4, -0.2) is 40.1 Å². The van der Waals surface area contributed by atoms with Crippen LogP contribution in [0, 0.1) is 5.92 Å². The molecule has 0 radical (unpaired) electrons. The van der Waals surface area contributed by atoms with Gasteiger partial charge in [-0.2, -0.15) is 0 Å². The van der Waals surface area contributed by atoms with E-state index in [0.717, 1.165) is 18.4 Å². The Morgan fingerprint density at radius 2 is 1.89 bits per heavy atom. The second kappa shape index (κ2) is 10.6. The number of nitrogens with one attached hydrogen (secondary N) is 1. The molecular weight excluding hydrogens is 454 g/mol. The van der Waals surface area contributed by atoms with Crippen molar-refractivity contribution in [3.8, 4) is 5.75 Å². The maximum atomic E-state index is 13.7. The van der Waals surface area contributed by atoms with Crippen LogP contribution in [0.5, 0.6) is 5.75 Å². The summed E-state index contributed by atoms with van der Waals surface area (Å²) in [7, 11) is 0. The molecule has 1 N–H and O–H groups in total. The van der Waals surface area contributed by atoms with Gasteiger partial charge in [-0.3, -0.25) is 14.2 Å². The van der Waals surface area contributed by atoms with Gasteiger partial charge >= 0.3 is 0 Å². The lowest BCUT2D eigenvalue weighted by atomic mass is 9.97. The molecule has 0 saturated carbocycles. The van der Waals surface area contributed by atoms with Gasteiger partial charge < -0.3 is 15.0 Å². The van der Waals surface area contributed by atoms with E-state index in [1.165, 1.54) is 0 Å². The van der Waals surface area contributed by atoms with Gasteiger partial charge in [0.1, 0.15) is 11.3 Å². The Morgan fingerprint density at radius 1 is 1.08 bits per heavy atom. The Kier molecular flexibility index (Phi) is 6.93. The number of anilines is 2. The first-order valence-corrected chi connectivity index (χ1v) is 12.3. The van der Waals surface area contributed by atoms with Crippen LogP contribution in [-0.2, 0) is 11.3 Å². The molecule has 2 aromatic carbocycles. The van der Waals surface area contributed by atoms with Crippen LogP contribution in [0.4, 0.5) is 11.5 Å². The van der Waals surface area contributed by atoms with Gasteiger partial charge in [-0.1, -0.05) is 42.5 Å². The predicted molar refractivity (Wildman–Crippen MR) is 141 cm³/mol. The number of amides is 1. The van der Waals surface area contributed by atoms with Crippen LogP contribution in [0.3, 0.4) is 0 Å². The number of ether oxygens (including phenoxy) is 1. The fourth-order valence-electron chi connectivity index (χ4n) is 4.65. The highest BCUT2D eigenvalue weighted by Gasteiger charge is 2.29. The van der Waals surface area contributed by atoms with Gasteiger partial charge in [-0.25, -0.2) is 9.97 Å². The maximum absolute atomic E-state index is 13.7. The van der Waals surface area contributed by atoms with Gasteiger partial charge in [-0.15, -0.1) is 0 Å². The van der Waals surface area contributed by atoms with Crippen LogP contribution in [0.1, 0.15) is 25.3 Å². The Morgan fingerprint density at radius 3 is 2.72 bits per heavy atom. The third-order valence-corrected chi connectivity index (χ3v) is 6.40. The topological polar surface area (TPSA) is 89.3 Å². The van der Waals surface area contributed by atoms with Crippen molar-refractivity contribution in [2.45, 2.75) is 26.3 Å². The lowest BCUT2D eigenvalue weighted by Crippen LogP contribution is -2.44. The summed E-state index contributed by atoms with van der Waals surface area (Å²) in [6.07, 6.45) is 3.20. The van der Waals surface area contributed by atoms with Crippen LogP contribution >= 0.6 is 0 Å². The normalized spacial score (nSPS) is 15.6. The fraction of sp³-hybridized carbons (Fsp3) is 0.286. The highest BCUT2D eigenvalue weighted by Crippen LogP contribution is 2.27. The number of aromatic nitrogens is 3. The van der Waals surface area contributed by atoms with Gasteiger partial charge in [0.2, 0.25) is 5.91 Å². The van der Waals surface area contributed by atoms with E-state index in [-0.39, 0.29) is 17.4 Å². The lowest BCUT2D eigenvalue weighted by Gasteiger charge is -2.32. The molecule has 4 aromatic rings. The smallest absolute Gasteiger partial charge is 0.295 e. The van der Waals surface area contributed by atoms with Crippen molar-refractivity contribution in [1.29, 1.82) is 0 Å². The molecule has 1 saturated heterocycles. The molecule has 0 spiro atoms. The Balaban J connectivity index is 1.42. The van der Waals surface area contributed by atoms with Crippen molar-refractivity contribution in [3.05, 3.63) is 88.8 Å². The molecule has 3 heterocycles. The van der Waals surface area contributed by atoms with Crippen molar-refractivity contribution >= 4 is 28.6 Å². The lowest BCUT2D eigenvalue weighted by molar-refractivity contribution is -0.120. The van der Waals surface area contributed by atoms with Gasteiger partial charge in [0, 0.05) is 19.3 Å². The van der Waals surface area contributed by atoms with E-state index >= 15 is 0 Å². The minimum atomic E-state index is -0.276. The Labute approximate surface area is 209 Å². The Bertz CT molecular complexity index is 1420. The van der Waals surface area contributed by atoms with Crippen LogP contribution < -0.4 is 20.5 Å². The van der Waals surface area contributed by atoms with E-state index in [1.54, 1.807) is 10.8 Å². The zero-order chi connectivity index (χ0) is 24.9. The molecular formula is C28H29N5O3. The molecule has 184 valence electrons. The van der Waals surface area contributed by atoms with Crippen molar-refractivity contribution in [2.75, 3.05) is 29.9 Å². The number of carbonyl (C=O) groups excluding carboxylic acids is 1. The third kappa shape index (κ3) is 4.93. The zero-order valence-electron chi connectivity index (χ0n) is 20.3. The third-order valence-electron chi connectivity index (χ3n) is 6.40. The molecule has 2 aromatic heterocycles. The number of fused-ring (bicyclic) bond motifs is 1. The van der Waals surface area contributed by atoms with E-state index in [4.69, 9.17) is 9.72 Å². The molecule has 1 atom stereocenters. The summed E-state index contributed by atoms with van der Waals surface area (Å²) in [6, 6.07) is 20.9. The quantitative estimate of drug-likeness (QED) is 0.426. The molecule has 36 heavy (non-hydrogen) atoms. The molecule has 1 aliphatic rings. The number of carbonyl (C=O) groups is 1. The minimum Gasteiger partial charge on any atom is -0.492 e. The fourth-order valence-corrected chi connectivity index (χ4v) is 4.65. The van der Waals surface area contributed by atoms with Crippen LogP contribution in [0.2, 0.25) is 0 Å².